The van der Waals surface area contributed by atoms with Crippen LogP contribution in [-0.2, 0) is 4.74 Å². The number of alkyl carbamates (subject to hydrolysis) is 1. The molecule has 0 aliphatic rings. The maximum atomic E-state index is 11.0. The number of carbonyl (C=O) groups excluding carboxylic acids is 1. The zero-order chi connectivity index (χ0) is 11.8. The van der Waals surface area contributed by atoms with Crippen molar-refractivity contribution in [2.24, 2.45) is 5.92 Å². The van der Waals surface area contributed by atoms with Gasteiger partial charge in [0.05, 0.1) is 0 Å². The molecule has 1 amide bonds. The lowest BCUT2D eigenvalue weighted by Crippen LogP contribution is -2.34. The summed E-state index contributed by atoms with van der Waals surface area (Å²) in [6.45, 7) is 14.3. The lowest BCUT2D eigenvalue weighted by molar-refractivity contribution is 0.0521. The van der Waals surface area contributed by atoms with Crippen LogP contribution in [0.4, 0.5) is 4.79 Å². The van der Waals surface area contributed by atoms with Crippen molar-refractivity contribution >= 4 is 6.09 Å². The first-order valence-electron chi connectivity index (χ1n) is 5.28. The highest BCUT2D eigenvalue weighted by molar-refractivity contribution is 5.67. The molecule has 0 fully saturated rings. The van der Waals surface area contributed by atoms with Gasteiger partial charge in [-0.15, -0.1) is 0 Å². The molecule has 86 valence electrons. The summed E-state index contributed by atoms with van der Waals surface area (Å²) in [6.07, 6.45) is -0.337. The Morgan fingerprint density at radius 1 is 1.29 bits per heavy atom. The van der Waals surface area contributed by atoms with E-state index < -0.39 is 5.60 Å². The van der Waals surface area contributed by atoms with E-state index in [1.807, 2.05) is 48.5 Å². The molecule has 0 saturated carbocycles. The van der Waals surface area contributed by atoms with Crippen LogP contribution in [0, 0.1) is 5.92 Å². The van der Waals surface area contributed by atoms with Gasteiger partial charge in [0.2, 0.25) is 0 Å². The number of rotatable bonds is 2. The van der Waals surface area contributed by atoms with Gasteiger partial charge < -0.3 is 10.1 Å². The summed E-state index contributed by atoms with van der Waals surface area (Å²) in [4.78, 5) is 11.0. The van der Waals surface area contributed by atoms with Gasteiger partial charge in [-0.05, 0) is 26.7 Å². The fraction of sp³-hybridized carbons (Fsp3) is 0.909. The SMILES string of the molecule is CC.CC(C)CNC(=O)OC(C)(C)C. The Hall–Kier alpha value is -0.730. The fourth-order valence-corrected chi connectivity index (χ4v) is 0.602. The molecule has 3 nitrogen and oxygen atoms in total. The molecule has 0 rings (SSSR count). The minimum atomic E-state index is -0.402. The molecule has 0 aliphatic heterocycles. The van der Waals surface area contributed by atoms with E-state index in [1.165, 1.54) is 0 Å². The van der Waals surface area contributed by atoms with Gasteiger partial charge >= 0.3 is 6.09 Å². The summed E-state index contributed by atoms with van der Waals surface area (Å²) >= 11 is 0. The molecule has 0 aromatic carbocycles. The minimum absolute atomic E-state index is 0.337. The minimum Gasteiger partial charge on any atom is -0.444 e. The topological polar surface area (TPSA) is 38.3 Å². The predicted octanol–water partition coefficient (Wildman–Crippen LogP) is 3.19. The molecule has 0 aromatic heterocycles. The molecule has 1 N–H and O–H groups in total. The number of hydrogen-bond donors (Lipinski definition) is 1. The predicted molar refractivity (Wildman–Crippen MR) is 60.4 cm³/mol. The molecule has 0 radical (unpaired) electrons. The van der Waals surface area contributed by atoms with Gasteiger partial charge in [-0.1, -0.05) is 27.7 Å². The summed E-state index contributed by atoms with van der Waals surface area (Å²) in [7, 11) is 0. The number of hydrogen-bond acceptors (Lipinski definition) is 2. The van der Waals surface area contributed by atoms with Crippen molar-refractivity contribution in [2.45, 2.75) is 54.1 Å². The molecule has 0 aliphatic carbocycles. The number of nitrogens with one attached hydrogen (secondary N) is 1. The van der Waals surface area contributed by atoms with Crippen LogP contribution >= 0.6 is 0 Å². The highest BCUT2D eigenvalue weighted by Gasteiger charge is 2.15. The summed E-state index contributed by atoms with van der Waals surface area (Å²) < 4.78 is 5.04. The van der Waals surface area contributed by atoms with E-state index in [4.69, 9.17) is 4.74 Å². The molecular weight excluding hydrogens is 178 g/mol. The quantitative estimate of drug-likeness (QED) is 0.748. The maximum Gasteiger partial charge on any atom is 0.407 e. The van der Waals surface area contributed by atoms with E-state index in [0.29, 0.717) is 12.5 Å². The van der Waals surface area contributed by atoms with E-state index in [1.54, 1.807) is 0 Å². The highest BCUT2D eigenvalue weighted by atomic mass is 16.6. The molecule has 0 atom stereocenters. The van der Waals surface area contributed by atoms with Crippen LogP contribution in [0.1, 0.15) is 48.5 Å². The van der Waals surface area contributed by atoms with Crippen LogP contribution < -0.4 is 5.32 Å². The Morgan fingerprint density at radius 3 is 2.00 bits per heavy atom. The Labute approximate surface area is 88.2 Å². The van der Waals surface area contributed by atoms with Crippen molar-refractivity contribution in [2.75, 3.05) is 6.54 Å². The van der Waals surface area contributed by atoms with Crippen LogP contribution in [0.3, 0.4) is 0 Å². The zero-order valence-electron chi connectivity index (χ0n) is 10.6. The Kier molecular flexibility index (Phi) is 8.60. The van der Waals surface area contributed by atoms with E-state index in [0.717, 1.165) is 0 Å². The summed E-state index contributed by atoms with van der Waals surface area (Å²) in [5.41, 5.74) is -0.402. The molecule has 0 saturated heterocycles. The number of carbonyl (C=O) groups is 1. The van der Waals surface area contributed by atoms with E-state index >= 15 is 0 Å². The Balaban J connectivity index is 0. The second-order valence-electron chi connectivity index (χ2n) is 4.28. The van der Waals surface area contributed by atoms with Crippen molar-refractivity contribution < 1.29 is 9.53 Å². The van der Waals surface area contributed by atoms with Gasteiger partial charge in [0.25, 0.3) is 0 Å². The van der Waals surface area contributed by atoms with Gasteiger partial charge in [-0.3, -0.25) is 0 Å². The molecule has 3 heteroatoms. The molecule has 0 spiro atoms. The average molecular weight is 203 g/mol. The smallest absolute Gasteiger partial charge is 0.407 e. The van der Waals surface area contributed by atoms with Crippen molar-refractivity contribution in [3.63, 3.8) is 0 Å². The zero-order valence-corrected chi connectivity index (χ0v) is 10.6. The monoisotopic (exact) mass is 203 g/mol. The first kappa shape index (κ1) is 15.7. The first-order valence-corrected chi connectivity index (χ1v) is 5.28. The van der Waals surface area contributed by atoms with Crippen molar-refractivity contribution in [3.05, 3.63) is 0 Å². The normalized spacial score (nSPS) is 10.3. The van der Waals surface area contributed by atoms with Crippen LogP contribution in [0.25, 0.3) is 0 Å². The third kappa shape index (κ3) is 13.8. The summed E-state index contributed by atoms with van der Waals surface area (Å²) in [5, 5.41) is 2.68. The third-order valence-electron chi connectivity index (χ3n) is 1.05. The van der Waals surface area contributed by atoms with Crippen molar-refractivity contribution in [1.82, 2.24) is 5.32 Å². The molecular formula is C11H25NO2. The standard InChI is InChI=1S/C9H19NO2.C2H6/c1-7(2)6-10-8(11)12-9(3,4)5;1-2/h7H,6H2,1-5H3,(H,10,11);1-2H3. The molecule has 0 unspecified atom stereocenters. The molecule has 0 bridgehead atoms. The molecule has 0 aromatic rings. The molecule has 0 heterocycles. The lowest BCUT2D eigenvalue weighted by Gasteiger charge is -2.20. The van der Waals surface area contributed by atoms with Gasteiger partial charge in [-0.2, -0.15) is 0 Å². The van der Waals surface area contributed by atoms with Crippen molar-refractivity contribution in [1.29, 1.82) is 0 Å². The van der Waals surface area contributed by atoms with Crippen LogP contribution in [-0.4, -0.2) is 18.2 Å². The van der Waals surface area contributed by atoms with Gasteiger partial charge in [0, 0.05) is 6.54 Å². The lowest BCUT2D eigenvalue weighted by atomic mass is 10.2. The van der Waals surface area contributed by atoms with E-state index in [-0.39, 0.29) is 6.09 Å². The van der Waals surface area contributed by atoms with Crippen LogP contribution in [0.5, 0.6) is 0 Å². The summed E-state index contributed by atoms with van der Waals surface area (Å²) in [5.74, 6) is 0.456. The number of ether oxygens (including phenoxy) is 1. The second-order valence-corrected chi connectivity index (χ2v) is 4.28. The average Bonchev–Trinajstić information content (AvgIpc) is 2.02. The Morgan fingerprint density at radius 2 is 1.71 bits per heavy atom. The van der Waals surface area contributed by atoms with Gasteiger partial charge in [-0.25, -0.2) is 4.79 Å². The third-order valence-corrected chi connectivity index (χ3v) is 1.05. The van der Waals surface area contributed by atoms with E-state index in [9.17, 15) is 4.79 Å². The maximum absolute atomic E-state index is 11.0. The fourth-order valence-electron chi connectivity index (χ4n) is 0.602. The highest BCUT2D eigenvalue weighted by Crippen LogP contribution is 2.06. The Bertz CT molecular complexity index is 148. The van der Waals surface area contributed by atoms with Gasteiger partial charge in [0.15, 0.2) is 0 Å². The van der Waals surface area contributed by atoms with Gasteiger partial charge in [0.1, 0.15) is 5.60 Å². The largest absolute Gasteiger partial charge is 0.444 e. The van der Waals surface area contributed by atoms with E-state index in [2.05, 4.69) is 5.32 Å². The van der Waals surface area contributed by atoms with Crippen molar-refractivity contribution in [3.8, 4) is 0 Å². The molecule has 14 heavy (non-hydrogen) atoms. The summed E-state index contributed by atoms with van der Waals surface area (Å²) in [6, 6.07) is 0. The first-order chi connectivity index (χ1) is 6.31. The second kappa shape index (κ2) is 7.65. The van der Waals surface area contributed by atoms with Crippen LogP contribution in [0.15, 0.2) is 0 Å². The van der Waals surface area contributed by atoms with Crippen LogP contribution in [0.2, 0.25) is 0 Å². The number of amides is 1.